The van der Waals surface area contributed by atoms with Gasteiger partial charge in [-0.2, -0.15) is 0 Å². The smallest absolute Gasteiger partial charge is 0.134 e. The molecule has 1 fully saturated rings. The van der Waals surface area contributed by atoms with Crippen molar-refractivity contribution in [3.63, 3.8) is 0 Å². The molecule has 0 saturated heterocycles. The van der Waals surface area contributed by atoms with Gasteiger partial charge in [0.25, 0.3) is 0 Å². The minimum Gasteiger partial charge on any atom is -0.464 e. The molecule has 1 unspecified atom stereocenters. The zero-order valence-electron chi connectivity index (χ0n) is 12.9. The second-order valence-corrected chi connectivity index (χ2v) is 6.25. The topological polar surface area (TPSA) is 42.4 Å². The van der Waals surface area contributed by atoms with Crippen molar-refractivity contribution in [2.24, 2.45) is 5.73 Å². The lowest BCUT2D eigenvalue weighted by molar-refractivity contribution is 0.161. The Bertz CT molecular complexity index is 569. The van der Waals surface area contributed by atoms with E-state index in [2.05, 4.69) is 24.1 Å². The van der Waals surface area contributed by atoms with Crippen LogP contribution in [0.5, 0.6) is 0 Å². The average molecular weight is 286 g/mol. The molecule has 1 atom stereocenters. The summed E-state index contributed by atoms with van der Waals surface area (Å²) in [6, 6.07) is 9.14. The quantitative estimate of drug-likeness (QED) is 0.861. The highest BCUT2D eigenvalue weighted by molar-refractivity contribution is 5.81. The zero-order valence-corrected chi connectivity index (χ0v) is 12.9. The van der Waals surface area contributed by atoms with Crippen LogP contribution in [-0.2, 0) is 0 Å². The van der Waals surface area contributed by atoms with Gasteiger partial charge in [-0.25, -0.2) is 0 Å². The third-order valence-corrected chi connectivity index (χ3v) is 4.99. The largest absolute Gasteiger partial charge is 0.464 e. The maximum absolute atomic E-state index is 6.12. The first-order valence-corrected chi connectivity index (χ1v) is 8.19. The number of nitrogens with two attached hydrogens (primary N) is 1. The average Bonchev–Trinajstić information content (AvgIpc) is 2.75. The summed E-state index contributed by atoms with van der Waals surface area (Å²) in [5.74, 6) is 0. The molecule has 3 nitrogen and oxygen atoms in total. The van der Waals surface area contributed by atoms with Crippen LogP contribution in [0.4, 0.5) is 0 Å². The Morgan fingerprint density at radius 3 is 2.62 bits per heavy atom. The predicted molar refractivity (Wildman–Crippen MR) is 87.3 cm³/mol. The van der Waals surface area contributed by atoms with Crippen LogP contribution in [0.3, 0.4) is 0 Å². The number of furan rings is 1. The van der Waals surface area contributed by atoms with E-state index in [9.17, 15) is 0 Å². The molecule has 3 rings (SSSR count). The summed E-state index contributed by atoms with van der Waals surface area (Å²) in [7, 11) is 2.23. The number of benzene rings is 1. The summed E-state index contributed by atoms with van der Waals surface area (Å²) >= 11 is 0. The Morgan fingerprint density at radius 2 is 1.90 bits per heavy atom. The molecule has 1 aromatic heterocycles. The molecule has 1 aromatic carbocycles. The van der Waals surface area contributed by atoms with Crippen LogP contribution in [0.2, 0.25) is 0 Å². The van der Waals surface area contributed by atoms with Gasteiger partial charge >= 0.3 is 0 Å². The van der Waals surface area contributed by atoms with Crippen molar-refractivity contribution in [2.45, 2.75) is 50.6 Å². The SMILES string of the molecule is CN(C1CCCCCC1)C(CN)c1coc2ccccc12. The zero-order chi connectivity index (χ0) is 14.7. The molecule has 1 heterocycles. The monoisotopic (exact) mass is 286 g/mol. The highest BCUT2D eigenvalue weighted by Crippen LogP contribution is 2.32. The van der Waals surface area contributed by atoms with E-state index >= 15 is 0 Å². The van der Waals surface area contributed by atoms with Gasteiger partial charge in [-0.3, -0.25) is 4.90 Å². The molecule has 1 aliphatic rings. The summed E-state index contributed by atoms with van der Waals surface area (Å²) in [5, 5.41) is 1.20. The molecule has 2 aromatic rings. The number of fused-ring (bicyclic) bond motifs is 1. The molecule has 21 heavy (non-hydrogen) atoms. The van der Waals surface area contributed by atoms with Crippen molar-refractivity contribution in [2.75, 3.05) is 13.6 Å². The summed E-state index contributed by atoms with van der Waals surface area (Å²) in [6.45, 7) is 0.635. The Labute approximate surface area is 127 Å². The van der Waals surface area contributed by atoms with Crippen LogP contribution in [0.1, 0.15) is 50.1 Å². The molecule has 1 saturated carbocycles. The number of likely N-dealkylation sites (N-methyl/N-ethyl adjacent to an activating group) is 1. The van der Waals surface area contributed by atoms with Crippen molar-refractivity contribution in [1.29, 1.82) is 0 Å². The summed E-state index contributed by atoms with van der Waals surface area (Å²) in [5.41, 5.74) is 8.31. The fourth-order valence-corrected chi connectivity index (χ4v) is 3.69. The highest BCUT2D eigenvalue weighted by atomic mass is 16.3. The van der Waals surface area contributed by atoms with Gasteiger partial charge in [-0.05, 0) is 26.0 Å². The van der Waals surface area contributed by atoms with Crippen LogP contribution in [0, 0.1) is 0 Å². The van der Waals surface area contributed by atoms with E-state index in [1.807, 2.05) is 18.4 Å². The number of hydrogen-bond acceptors (Lipinski definition) is 3. The summed E-state index contributed by atoms with van der Waals surface area (Å²) in [4.78, 5) is 2.49. The lowest BCUT2D eigenvalue weighted by Gasteiger charge is -2.34. The van der Waals surface area contributed by atoms with E-state index in [4.69, 9.17) is 10.2 Å². The Balaban J connectivity index is 1.86. The number of nitrogens with zero attached hydrogens (tertiary/aromatic N) is 1. The Hall–Kier alpha value is -1.32. The molecule has 0 radical (unpaired) electrons. The third kappa shape index (κ3) is 2.99. The van der Waals surface area contributed by atoms with E-state index in [-0.39, 0.29) is 6.04 Å². The normalized spacial score (nSPS) is 19.0. The van der Waals surface area contributed by atoms with Crippen molar-refractivity contribution < 1.29 is 4.42 Å². The van der Waals surface area contributed by atoms with Crippen LogP contribution < -0.4 is 5.73 Å². The molecular formula is C18H26N2O. The Kier molecular flexibility index (Phi) is 4.61. The standard InChI is InChI=1S/C18H26N2O/c1-20(14-8-4-2-3-5-9-14)17(12-19)16-13-21-18-11-7-6-10-15(16)18/h6-7,10-11,13-14,17H,2-5,8-9,12,19H2,1H3. The van der Waals surface area contributed by atoms with Gasteiger partial charge in [0.05, 0.1) is 12.3 Å². The molecule has 114 valence electrons. The fraction of sp³-hybridized carbons (Fsp3) is 0.556. The molecule has 0 aliphatic heterocycles. The molecular weight excluding hydrogens is 260 g/mol. The molecule has 1 aliphatic carbocycles. The first kappa shape index (κ1) is 14.6. The van der Waals surface area contributed by atoms with Gasteiger partial charge in [0.2, 0.25) is 0 Å². The maximum Gasteiger partial charge on any atom is 0.134 e. The maximum atomic E-state index is 6.12. The minimum absolute atomic E-state index is 0.247. The van der Waals surface area contributed by atoms with Crippen molar-refractivity contribution in [3.8, 4) is 0 Å². The lowest BCUT2D eigenvalue weighted by Crippen LogP contribution is -2.38. The van der Waals surface area contributed by atoms with E-state index in [1.54, 1.807) is 0 Å². The predicted octanol–water partition coefficient (Wildman–Crippen LogP) is 4.09. The highest BCUT2D eigenvalue weighted by Gasteiger charge is 2.26. The minimum atomic E-state index is 0.247. The van der Waals surface area contributed by atoms with Crippen LogP contribution in [0.25, 0.3) is 11.0 Å². The number of hydrogen-bond donors (Lipinski definition) is 1. The molecule has 2 N–H and O–H groups in total. The molecule has 0 spiro atoms. The molecule has 0 bridgehead atoms. The molecule has 0 amide bonds. The van der Waals surface area contributed by atoms with Gasteiger partial charge in [0, 0.05) is 23.5 Å². The first-order chi connectivity index (χ1) is 10.3. The van der Waals surface area contributed by atoms with Crippen molar-refractivity contribution >= 4 is 11.0 Å². The Morgan fingerprint density at radius 1 is 1.19 bits per heavy atom. The first-order valence-electron chi connectivity index (χ1n) is 8.19. The van der Waals surface area contributed by atoms with E-state index in [0.717, 1.165) is 5.58 Å². The summed E-state index contributed by atoms with van der Waals surface area (Å²) < 4.78 is 5.71. The lowest BCUT2D eigenvalue weighted by atomic mass is 10.00. The van der Waals surface area contributed by atoms with Crippen molar-refractivity contribution in [1.82, 2.24) is 4.90 Å². The van der Waals surface area contributed by atoms with Gasteiger partial charge < -0.3 is 10.2 Å². The van der Waals surface area contributed by atoms with Crippen LogP contribution >= 0.6 is 0 Å². The fourth-order valence-electron chi connectivity index (χ4n) is 3.69. The van der Waals surface area contributed by atoms with E-state index < -0.39 is 0 Å². The second kappa shape index (κ2) is 6.63. The van der Waals surface area contributed by atoms with Gasteiger partial charge in [0.15, 0.2) is 0 Å². The third-order valence-electron chi connectivity index (χ3n) is 4.99. The van der Waals surface area contributed by atoms with Crippen molar-refractivity contribution in [3.05, 3.63) is 36.1 Å². The van der Waals surface area contributed by atoms with Crippen LogP contribution in [0.15, 0.2) is 34.9 Å². The summed E-state index contributed by atoms with van der Waals surface area (Å²) in [6.07, 6.45) is 9.94. The van der Waals surface area contributed by atoms with Gasteiger partial charge in [-0.1, -0.05) is 43.9 Å². The number of para-hydroxylation sites is 1. The molecule has 3 heteroatoms. The van der Waals surface area contributed by atoms with Gasteiger partial charge in [0.1, 0.15) is 5.58 Å². The van der Waals surface area contributed by atoms with E-state index in [1.165, 1.54) is 49.5 Å². The van der Waals surface area contributed by atoms with Crippen LogP contribution in [-0.4, -0.2) is 24.5 Å². The number of rotatable bonds is 4. The second-order valence-electron chi connectivity index (χ2n) is 6.25. The van der Waals surface area contributed by atoms with Gasteiger partial charge in [-0.15, -0.1) is 0 Å². The van der Waals surface area contributed by atoms with E-state index in [0.29, 0.717) is 12.6 Å².